The van der Waals surface area contributed by atoms with Crippen molar-refractivity contribution < 1.29 is 9.84 Å². The SMILES string of the molecule is CN(CCN1CCOCC1)CC(O)CN. The van der Waals surface area contributed by atoms with Gasteiger partial charge < -0.3 is 20.5 Å². The molecule has 5 nitrogen and oxygen atoms in total. The molecule has 90 valence electrons. The lowest BCUT2D eigenvalue weighted by Crippen LogP contribution is -2.42. The van der Waals surface area contributed by atoms with Gasteiger partial charge in [0.25, 0.3) is 0 Å². The van der Waals surface area contributed by atoms with Crippen molar-refractivity contribution in [1.29, 1.82) is 0 Å². The van der Waals surface area contributed by atoms with Gasteiger partial charge in [0.1, 0.15) is 0 Å². The number of aliphatic hydroxyl groups excluding tert-OH is 1. The molecule has 0 aromatic heterocycles. The average Bonchev–Trinajstić information content (AvgIpc) is 2.27. The molecule has 15 heavy (non-hydrogen) atoms. The maximum Gasteiger partial charge on any atom is 0.0789 e. The third kappa shape index (κ3) is 5.44. The van der Waals surface area contributed by atoms with Gasteiger partial charge in [-0.25, -0.2) is 0 Å². The summed E-state index contributed by atoms with van der Waals surface area (Å²) in [6.45, 7) is 6.72. The van der Waals surface area contributed by atoms with Gasteiger partial charge in [0, 0.05) is 39.3 Å². The minimum absolute atomic E-state index is 0.335. The molecule has 1 heterocycles. The molecule has 5 heteroatoms. The molecule has 0 bridgehead atoms. The lowest BCUT2D eigenvalue weighted by Gasteiger charge is -2.29. The highest BCUT2D eigenvalue weighted by Crippen LogP contribution is 1.97. The molecule has 1 fully saturated rings. The summed E-state index contributed by atoms with van der Waals surface area (Å²) in [4.78, 5) is 4.50. The Balaban J connectivity index is 2.07. The first kappa shape index (κ1) is 12.9. The summed E-state index contributed by atoms with van der Waals surface area (Å²) in [6, 6.07) is 0. The third-order valence-electron chi connectivity index (χ3n) is 2.70. The fourth-order valence-electron chi connectivity index (χ4n) is 1.66. The Morgan fingerprint density at radius 3 is 2.73 bits per heavy atom. The Morgan fingerprint density at radius 1 is 1.47 bits per heavy atom. The van der Waals surface area contributed by atoms with Gasteiger partial charge in [0.15, 0.2) is 0 Å². The van der Waals surface area contributed by atoms with Gasteiger partial charge in [-0.1, -0.05) is 0 Å². The van der Waals surface area contributed by atoms with E-state index < -0.39 is 6.10 Å². The Hall–Kier alpha value is -0.200. The van der Waals surface area contributed by atoms with Gasteiger partial charge in [0.2, 0.25) is 0 Å². The van der Waals surface area contributed by atoms with Crippen LogP contribution in [0.3, 0.4) is 0 Å². The number of rotatable bonds is 6. The van der Waals surface area contributed by atoms with Gasteiger partial charge in [-0.2, -0.15) is 0 Å². The van der Waals surface area contributed by atoms with Crippen LogP contribution in [0.4, 0.5) is 0 Å². The van der Waals surface area contributed by atoms with Crippen LogP contribution in [0.15, 0.2) is 0 Å². The van der Waals surface area contributed by atoms with Gasteiger partial charge >= 0.3 is 0 Å². The molecule has 3 N–H and O–H groups in total. The Bertz CT molecular complexity index is 163. The Morgan fingerprint density at radius 2 is 2.13 bits per heavy atom. The van der Waals surface area contributed by atoms with E-state index in [0.717, 1.165) is 39.4 Å². The molecular formula is C10H23N3O2. The van der Waals surface area contributed by atoms with Crippen LogP contribution in [0.1, 0.15) is 0 Å². The van der Waals surface area contributed by atoms with Crippen molar-refractivity contribution in [3.8, 4) is 0 Å². The van der Waals surface area contributed by atoms with Crippen molar-refractivity contribution in [2.75, 3.05) is 59.5 Å². The number of ether oxygens (including phenoxy) is 1. The summed E-state index contributed by atoms with van der Waals surface area (Å²) >= 11 is 0. The molecule has 1 saturated heterocycles. The van der Waals surface area contributed by atoms with Crippen LogP contribution < -0.4 is 5.73 Å². The molecular weight excluding hydrogens is 194 g/mol. The minimum Gasteiger partial charge on any atom is -0.390 e. The summed E-state index contributed by atoms with van der Waals surface area (Å²) in [7, 11) is 2.01. The molecule has 0 aromatic rings. The zero-order chi connectivity index (χ0) is 11.1. The average molecular weight is 217 g/mol. The fourth-order valence-corrected chi connectivity index (χ4v) is 1.66. The highest BCUT2D eigenvalue weighted by molar-refractivity contribution is 4.66. The van der Waals surface area contributed by atoms with Crippen molar-refractivity contribution in [3.63, 3.8) is 0 Å². The molecule has 0 radical (unpaired) electrons. The zero-order valence-electron chi connectivity index (χ0n) is 9.56. The van der Waals surface area contributed by atoms with E-state index in [2.05, 4.69) is 9.80 Å². The minimum atomic E-state index is -0.403. The number of aliphatic hydroxyl groups is 1. The van der Waals surface area contributed by atoms with Crippen molar-refractivity contribution in [3.05, 3.63) is 0 Å². The van der Waals surface area contributed by atoms with E-state index in [4.69, 9.17) is 10.5 Å². The van der Waals surface area contributed by atoms with Gasteiger partial charge in [-0.15, -0.1) is 0 Å². The van der Waals surface area contributed by atoms with Crippen LogP contribution in [0.25, 0.3) is 0 Å². The molecule has 0 amide bonds. The molecule has 0 saturated carbocycles. The number of hydrogen-bond acceptors (Lipinski definition) is 5. The largest absolute Gasteiger partial charge is 0.390 e. The Labute approximate surface area is 91.8 Å². The Kier molecular flexibility index (Phi) is 6.12. The quantitative estimate of drug-likeness (QED) is 0.571. The van der Waals surface area contributed by atoms with E-state index in [0.29, 0.717) is 13.1 Å². The molecule has 0 spiro atoms. The maximum absolute atomic E-state index is 9.37. The highest BCUT2D eigenvalue weighted by Gasteiger charge is 2.11. The normalized spacial score (nSPS) is 20.8. The third-order valence-corrected chi connectivity index (χ3v) is 2.70. The first-order chi connectivity index (χ1) is 7.22. The second-order valence-corrected chi connectivity index (χ2v) is 4.11. The van der Waals surface area contributed by atoms with Crippen molar-refractivity contribution in [2.45, 2.75) is 6.10 Å². The van der Waals surface area contributed by atoms with E-state index in [1.165, 1.54) is 0 Å². The van der Waals surface area contributed by atoms with E-state index >= 15 is 0 Å². The summed E-state index contributed by atoms with van der Waals surface area (Å²) < 4.78 is 5.28. The second kappa shape index (κ2) is 7.14. The van der Waals surface area contributed by atoms with Gasteiger partial charge in [0.05, 0.1) is 19.3 Å². The summed E-state index contributed by atoms with van der Waals surface area (Å²) in [6.07, 6.45) is -0.403. The van der Waals surface area contributed by atoms with E-state index in [9.17, 15) is 5.11 Å². The van der Waals surface area contributed by atoms with Crippen LogP contribution in [-0.4, -0.2) is 80.5 Å². The smallest absolute Gasteiger partial charge is 0.0789 e. The summed E-state index contributed by atoms with van der Waals surface area (Å²) in [5.74, 6) is 0. The van der Waals surface area contributed by atoms with Gasteiger partial charge in [-0.05, 0) is 7.05 Å². The number of nitrogens with zero attached hydrogens (tertiary/aromatic N) is 2. The van der Waals surface area contributed by atoms with Crippen molar-refractivity contribution in [1.82, 2.24) is 9.80 Å². The molecule has 0 aromatic carbocycles. The summed E-state index contributed by atoms with van der Waals surface area (Å²) in [5, 5.41) is 9.37. The lowest BCUT2D eigenvalue weighted by atomic mass is 10.3. The van der Waals surface area contributed by atoms with E-state index in [1.807, 2.05) is 7.05 Å². The fraction of sp³-hybridized carbons (Fsp3) is 1.00. The van der Waals surface area contributed by atoms with Gasteiger partial charge in [-0.3, -0.25) is 4.90 Å². The number of nitrogens with two attached hydrogens (primary N) is 1. The van der Waals surface area contributed by atoms with Crippen molar-refractivity contribution >= 4 is 0 Å². The van der Waals surface area contributed by atoms with E-state index in [-0.39, 0.29) is 0 Å². The topological polar surface area (TPSA) is 62.0 Å². The molecule has 0 aliphatic carbocycles. The van der Waals surface area contributed by atoms with Crippen LogP contribution >= 0.6 is 0 Å². The monoisotopic (exact) mass is 217 g/mol. The second-order valence-electron chi connectivity index (χ2n) is 4.11. The van der Waals surface area contributed by atoms with Crippen LogP contribution in [-0.2, 0) is 4.74 Å². The number of morpholine rings is 1. The van der Waals surface area contributed by atoms with Crippen LogP contribution in [0.5, 0.6) is 0 Å². The van der Waals surface area contributed by atoms with E-state index in [1.54, 1.807) is 0 Å². The zero-order valence-corrected chi connectivity index (χ0v) is 9.56. The summed E-state index contributed by atoms with van der Waals surface area (Å²) in [5.41, 5.74) is 5.36. The van der Waals surface area contributed by atoms with Crippen molar-refractivity contribution in [2.24, 2.45) is 5.73 Å². The molecule has 1 aliphatic heterocycles. The molecule has 1 rings (SSSR count). The first-order valence-electron chi connectivity index (χ1n) is 5.59. The molecule has 1 unspecified atom stereocenters. The first-order valence-corrected chi connectivity index (χ1v) is 5.59. The molecule has 1 aliphatic rings. The molecule has 1 atom stereocenters. The predicted octanol–water partition coefficient (Wildman–Crippen LogP) is -1.43. The highest BCUT2D eigenvalue weighted by atomic mass is 16.5. The predicted molar refractivity (Wildman–Crippen MR) is 59.8 cm³/mol. The van der Waals surface area contributed by atoms with Crippen LogP contribution in [0, 0.1) is 0 Å². The lowest BCUT2D eigenvalue weighted by molar-refractivity contribution is 0.0322. The number of likely N-dealkylation sites (N-methyl/N-ethyl adjacent to an activating group) is 1. The van der Waals surface area contributed by atoms with Crippen LogP contribution in [0.2, 0.25) is 0 Å². The maximum atomic E-state index is 9.37. The number of hydrogen-bond donors (Lipinski definition) is 2. The standard InChI is InChI=1S/C10H23N3O2/c1-12(9-10(14)8-11)2-3-13-4-6-15-7-5-13/h10,14H,2-9,11H2,1H3.